The van der Waals surface area contributed by atoms with Gasteiger partial charge in [-0.15, -0.1) is 11.3 Å². The van der Waals surface area contributed by atoms with Gasteiger partial charge in [0.25, 0.3) is 0 Å². The number of rotatable bonds is 6. The highest BCUT2D eigenvalue weighted by molar-refractivity contribution is 9.10. The number of aryl methyl sites for hydroxylation is 1. The first kappa shape index (κ1) is 23.7. The van der Waals surface area contributed by atoms with Crippen molar-refractivity contribution in [3.63, 3.8) is 0 Å². The summed E-state index contributed by atoms with van der Waals surface area (Å²) in [5, 5.41) is 6.42. The molecule has 0 atom stereocenters. The number of anilines is 3. The Kier molecular flexibility index (Phi) is 7.09. The molecule has 0 bridgehead atoms. The number of fused-ring (bicyclic) bond motifs is 1. The van der Waals surface area contributed by atoms with Crippen molar-refractivity contribution in [3.8, 4) is 11.1 Å². The van der Waals surface area contributed by atoms with Gasteiger partial charge in [-0.05, 0) is 42.3 Å². The molecule has 0 aliphatic heterocycles. The smallest absolute Gasteiger partial charge is 0.323 e. The van der Waals surface area contributed by atoms with E-state index in [2.05, 4.69) is 36.5 Å². The van der Waals surface area contributed by atoms with Crippen LogP contribution in [0.2, 0.25) is 0 Å². The molecule has 4 rings (SSSR count). The van der Waals surface area contributed by atoms with Gasteiger partial charge >= 0.3 is 6.03 Å². The number of aromatic nitrogens is 2. The number of nitrogens with zero attached hydrogens (tertiary/aromatic N) is 3. The van der Waals surface area contributed by atoms with Crippen LogP contribution in [0.4, 0.5) is 22.0 Å². The molecule has 0 aliphatic rings. The summed E-state index contributed by atoms with van der Waals surface area (Å²) in [6.07, 6.45) is 2.40. The molecular weight excluding hydrogens is 516 g/mol. The van der Waals surface area contributed by atoms with Gasteiger partial charge in [0, 0.05) is 46.8 Å². The van der Waals surface area contributed by atoms with E-state index in [-0.39, 0.29) is 11.9 Å². The molecule has 10 heteroatoms. The molecule has 4 N–H and O–H groups in total. The highest BCUT2D eigenvalue weighted by Gasteiger charge is 2.19. The molecule has 2 aromatic heterocycles. The predicted octanol–water partition coefficient (Wildman–Crippen LogP) is 5.37. The van der Waals surface area contributed by atoms with Gasteiger partial charge in [-0.2, -0.15) is 0 Å². The third kappa shape index (κ3) is 5.35. The minimum absolute atomic E-state index is 0.0541. The number of halogens is 1. The fourth-order valence-corrected chi connectivity index (χ4v) is 5.07. The zero-order chi connectivity index (χ0) is 24.2. The number of nitrogen functional groups attached to an aromatic ring is 1. The van der Waals surface area contributed by atoms with Crippen molar-refractivity contribution in [2.24, 2.45) is 0 Å². The lowest BCUT2D eigenvalue weighted by Gasteiger charge is -2.11. The molecular formula is C24H23BrN6O2S. The van der Waals surface area contributed by atoms with Crippen LogP contribution in [0.3, 0.4) is 0 Å². The van der Waals surface area contributed by atoms with E-state index in [1.54, 1.807) is 19.0 Å². The highest BCUT2D eigenvalue weighted by Crippen LogP contribution is 2.41. The lowest BCUT2D eigenvalue weighted by Crippen LogP contribution is -2.21. The fourth-order valence-electron chi connectivity index (χ4n) is 3.51. The summed E-state index contributed by atoms with van der Waals surface area (Å²) in [7, 11) is 3.49. The second-order valence-electron chi connectivity index (χ2n) is 7.79. The Morgan fingerprint density at radius 1 is 1.06 bits per heavy atom. The number of carbonyl (C=O) groups excluding carboxylic acids is 2. The van der Waals surface area contributed by atoms with Gasteiger partial charge in [0.2, 0.25) is 5.91 Å². The summed E-state index contributed by atoms with van der Waals surface area (Å²) in [5.74, 6) is 0.454. The maximum Gasteiger partial charge on any atom is 0.323 e. The summed E-state index contributed by atoms with van der Waals surface area (Å²) in [4.78, 5) is 36.5. The molecule has 0 unspecified atom stereocenters. The van der Waals surface area contributed by atoms with Crippen LogP contribution in [0.25, 0.3) is 21.3 Å². The molecule has 0 saturated carbocycles. The van der Waals surface area contributed by atoms with Crippen LogP contribution in [0.5, 0.6) is 0 Å². The van der Waals surface area contributed by atoms with Crippen molar-refractivity contribution in [1.82, 2.24) is 14.9 Å². The number of nitrogens with two attached hydrogens (primary N) is 1. The number of thiophene rings is 1. The first-order valence-electron chi connectivity index (χ1n) is 10.5. The number of amides is 3. The van der Waals surface area contributed by atoms with Crippen LogP contribution in [0, 0.1) is 0 Å². The van der Waals surface area contributed by atoms with Crippen molar-refractivity contribution in [3.05, 3.63) is 64.2 Å². The number of nitrogens with one attached hydrogen (secondary N) is 2. The average Bonchev–Trinajstić information content (AvgIpc) is 3.17. The lowest BCUT2D eigenvalue weighted by molar-refractivity contribution is -0.128. The van der Waals surface area contributed by atoms with Crippen molar-refractivity contribution < 1.29 is 9.59 Å². The summed E-state index contributed by atoms with van der Waals surface area (Å²) >= 11 is 4.91. The van der Waals surface area contributed by atoms with E-state index < -0.39 is 0 Å². The highest BCUT2D eigenvalue weighted by atomic mass is 79.9. The Hall–Kier alpha value is -3.50. The quantitative estimate of drug-likeness (QED) is 0.305. The number of benzene rings is 2. The van der Waals surface area contributed by atoms with Gasteiger partial charge in [-0.25, -0.2) is 14.8 Å². The Bertz CT molecular complexity index is 1350. The largest absolute Gasteiger partial charge is 0.383 e. The van der Waals surface area contributed by atoms with Gasteiger partial charge in [0.15, 0.2) is 0 Å². The third-order valence-electron chi connectivity index (χ3n) is 5.17. The molecule has 0 spiro atoms. The molecule has 34 heavy (non-hydrogen) atoms. The Morgan fingerprint density at radius 3 is 2.50 bits per heavy atom. The van der Waals surface area contributed by atoms with E-state index >= 15 is 0 Å². The van der Waals surface area contributed by atoms with Crippen LogP contribution in [-0.2, 0) is 11.2 Å². The van der Waals surface area contributed by atoms with Gasteiger partial charge in [0.05, 0.1) is 5.39 Å². The molecule has 4 aromatic rings. The molecule has 174 valence electrons. The SMILES string of the molecule is CN(C)C(=O)CCc1sc2ncnc(N)c2c1-c1ccc(NC(=O)Nc2cccc(Br)c2)cc1. The molecule has 2 aromatic carbocycles. The topological polar surface area (TPSA) is 113 Å². The molecule has 3 amide bonds. The van der Waals surface area contributed by atoms with Crippen LogP contribution in [0.15, 0.2) is 59.3 Å². The number of hydrogen-bond donors (Lipinski definition) is 3. The van der Waals surface area contributed by atoms with Crippen molar-refractivity contribution in [2.75, 3.05) is 30.5 Å². The number of hydrogen-bond acceptors (Lipinski definition) is 6. The van der Waals surface area contributed by atoms with Crippen molar-refractivity contribution in [1.29, 1.82) is 0 Å². The maximum atomic E-state index is 12.4. The van der Waals surface area contributed by atoms with Gasteiger partial charge in [-0.1, -0.05) is 34.1 Å². The number of urea groups is 1. The summed E-state index contributed by atoms with van der Waals surface area (Å²) in [5.41, 5.74) is 9.37. The predicted molar refractivity (Wildman–Crippen MR) is 141 cm³/mol. The van der Waals surface area contributed by atoms with Gasteiger partial charge in [-0.3, -0.25) is 4.79 Å². The summed E-state index contributed by atoms with van der Waals surface area (Å²) in [6, 6.07) is 14.5. The average molecular weight is 539 g/mol. The van der Waals surface area contributed by atoms with E-state index in [4.69, 9.17) is 5.73 Å². The summed E-state index contributed by atoms with van der Waals surface area (Å²) in [6.45, 7) is 0. The monoisotopic (exact) mass is 538 g/mol. The van der Waals surface area contributed by atoms with Gasteiger partial charge < -0.3 is 21.3 Å². The molecule has 2 heterocycles. The first-order chi connectivity index (χ1) is 16.3. The minimum Gasteiger partial charge on any atom is -0.383 e. The Balaban J connectivity index is 1.58. The Morgan fingerprint density at radius 2 is 1.79 bits per heavy atom. The second kappa shape index (κ2) is 10.2. The fraction of sp³-hybridized carbons (Fsp3) is 0.167. The van der Waals surface area contributed by atoms with Crippen LogP contribution < -0.4 is 16.4 Å². The maximum absolute atomic E-state index is 12.4. The first-order valence-corrected chi connectivity index (χ1v) is 12.1. The second-order valence-corrected chi connectivity index (χ2v) is 9.79. The van der Waals surface area contributed by atoms with Crippen molar-refractivity contribution in [2.45, 2.75) is 12.8 Å². The van der Waals surface area contributed by atoms with E-state index in [0.29, 0.717) is 30.0 Å². The molecule has 0 fully saturated rings. The summed E-state index contributed by atoms with van der Waals surface area (Å²) < 4.78 is 0.879. The minimum atomic E-state index is -0.340. The standard InChI is InChI=1S/C24H23BrN6O2S/c1-31(2)19(32)11-10-18-20(21-22(26)27-13-28-23(21)34-18)14-6-8-16(9-7-14)29-24(33)30-17-5-3-4-15(25)12-17/h3-9,12-13H,10-11H2,1-2H3,(H2,26,27,28)(H2,29,30,33). The number of carbonyl (C=O) groups is 2. The molecule has 0 aliphatic carbocycles. The van der Waals surface area contributed by atoms with Crippen LogP contribution in [-0.4, -0.2) is 40.9 Å². The molecule has 0 radical (unpaired) electrons. The Labute approximate surface area is 209 Å². The lowest BCUT2D eigenvalue weighted by atomic mass is 10.0. The van der Waals surface area contributed by atoms with Crippen molar-refractivity contribution >= 4 is 66.6 Å². The zero-order valence-corrected chi connectivity index (χ0v) is 21.0. The van der Waals surface area contributed by atoms with Crippen LogP contribution in [0.1, 0.15) is 11.3 Å². The van der Waals surface area contributed by atoms with E-state index in [9.17, 15) is 9.59 Å². The zero-order valence-electron chi connectivity index (χ0n) is 18.6. The van der Waals surface area contributed by atoms with Crippen LogP contribution >= 0.6 is 27.3 Å². The molecule has 8 nitrogen and oxygen atoms in total. The van der Waals surface area contributed by atoms with E-state index in [1.807, 2.05) is 48.5 Å². The van der Waals surface area contributed by atoms with Gasteiger partial charge in [0.1, 0.15) is 17.0 Å². The molecule has 0 saturated heterocycles. The van der Waals surface area contributed by atoms with E-state index in [1.165, 1.54) is 17.7 Å². The van der Waals surface area contributed by atoms with E-state index in [0.717, 1.165) is 30.7 Å². The normalized spacial score (nSPS) is 10.8. The third-order valence-corrected chi connectivity index (χ3v) is 6.82.